The first kappa shape index (κ1) is 11.0. The molecule has 1 aliphatic rings. The van der Waals surface area contributed by atoms with E-state index in [1.54, 1.807) is 0 Å². The molecular formula is C13H18ClN. The largest absolute Gasteiger partial charge is 0.307 e. The lowest BCUT2D eigenvalue weighted by Gasteiger charge is -2.35. The summed E-state index contributed by atoms with van der Waals surface area (Å²) in [5.41, 5.74) is 1.28. The van der Waals surface area contributed by atoms with Crippen molar-refractivity contribution in [1.82, 2.24) is 5.32 Å². The van der Waals surface area contributed by atoms with Crippen LogP contribution < -0.4 is 5.32 Å². The third-order valence-electron chi connectivity index (χ3n) is 3.21. The summed E-state index contributed by atoms with van der Waals surface area (Å²) in [5, 5.41) is 4.45. The molecule has 1 aliphatic carbocycles. The number of nitrogens with one attached hydrogen (secondary N) is 1. The lowest BCUT2D eigenvalue weighted by atomic mass is 9.81. The molecule has 1 aromatic rings. The fourth-order valence-electron chi connectivity index (χ4n) is 2.26. The van der Waals surface area contributed by atoms with Gasteiger partial charge in [-0.2, -0.15) is 0 Å². The molecule has 1 fully saturated rings. The van der Waals surface area contributed by atoms with Gasteiger partial charge in [-0.25, -0.2) is 0 Å². The van der Waals surface area contributed by atoms with Crippen LogP contribution >= 0.6 is 11.6 Å². The second-order valence-electron chi connectivity index (χ2n) is 4.72. The molecule has 15 heavy (non-hydrogen) atoms. The summed E-state index contributed by atoms with van der Waals surface area (Å²) in [6.07, 6.45) is 2.62. The van der Waals surface area contributed by atoms with E-state index in [0.29, 0.717) is 12.1 Å². The molecule has 1 saturated carbocycles. The molecule has 0 saturated heterocycles. The predicted octanol–water partition coefficient (Wildman–Crippen LogP) is 3.79. The third kappa shape index (κ3) is 2.73. The molecule has 1 nitrogen and oxygen atoms in total. The second-order valence-corrected chi connectivity index (χ2v) is 5.15. The van der Waals surface area contributed by atoms with Gasteiger partial charge in [0.15, 0.2) is 0 Å². The van der Waals surface area contributed by atoms with E-state index < -0.39 is 0 Å². The van der Waals surface area contributed by atoms with Crippen LogP contribution in [0, 0.1) is 5.92 Å². The first-order valence-corrected chi connectivity index (χ1v) is 6.04. The van der Waals surface area contributed by atoms with Crippen molar-refractivity contribution in [3.05, 3.63) is 34.9 Å². The van der Waals surface area contributed by atoms with Crippen LogP contribution in [0.5, 0.6) is 0 Å². The molecule has 0 unspecified atom stereocenters. The zero-order valence-electron chi connectivity index (χ0n) is 9.33. The Morgan fingerprint density at radius 2 is 2.13 bits per heavy atom. The monoisotopic (exact) mass is 223 g/mol. The lowest BCUT2D eigenvalue weighted by Crippen LogP contribution is -2.41. The van der Waals surface area contributed by atoms with E-state index in [2.05, 4.69) is 25.2 Å². The number of rotatable bonds is 3. The standard InChI is InChI=1S/C13H18ClN/c1-9-6-13(7-9)15-10(2)11-4-3-5-12(14)8-11/h3-5,8-10,13,15H,6-7H2,1-2H3/t9?,10-,13?/m0/s1. The van der Waals surface area contributed by atoms with Crippen molar-refractivity contribution in [1.29, 1.82) is 0 Å². The molecule has 0 spiro atoms. The van der Waals surface area contributed by atoms with Crippen molar-refractivity contribution in [3.8, 4) is 0 Å². The molecule has 1 atom stereocenters. The fourth-order valence-corrected chi connectivity index (χ4v) is 2.46. The van der Waals surface area contributed by atoms with Crippen molar-refractivity contribution in [2.24, 2.45) is 5.92 Å². The van der Waals surface area contributed by atoms with Crippen LogP contribution in [0.2, 0.25) is 5.02 Å². The van der Waals surface area contributed by atoms with Crippen LogP contribution in [0.15, 0.2) is 24.3 Å². The summed E-state index contributed by atoms with van der Waals surface area (Å²) in [6.45, 7) is 4.51. The van der Waals surface area contributed by atoms with Gasteiger partial charge < -0.3 is 5.32 Å². The van der Waals surface area contributed by atoms with Gasteiger partial charge in [0.25, 0.3) is 0 Å². The Hall–Kier alpha value is -0.530. The molecule has 2 heteroatoms. The molecule has 2 rings (SSSR count). The van der Waals surface area contributed by atoms with E-state index in [0.717, 1.165) is 10.9 Å². The predicted molar refractivity (Wildman–Crippen MR) is 65.2 cm³/mol. The van der Waals surface area contributed by atoms with Crippen LogP contribution in [0.25, 0.3) is 0 Å². The summed E-state index contributed by atoms with van der Waals surface area (Å²) in [7, 11) is 0. The minimum Gasteiger partial charge on any atom is -0.307 e. The van der Waals surface area contributed by atoms with Gasteiger partial charge >= 0.3 is 0 Å². The van der Waals surface area contributed by atoms with Gasteiger partial charge in [0, 0.05) is 17.1 Å². The Morgan fingerprint density at radius 1 is 1.40 bits per heavy atom. The van der Waals surface area contributed by atoms with Crippen molar-refractivity contribution in [2.45, 2.75) is 38.8 Å². The summed E-state index contributed by atoms with van der Waals surface area (Å²) in [4.78, 5) is 0. The third-order valence-corrected chi connectivity index (χ3v) is 3.44. The molecule has 0 radical (unpaired) electrons. The molecule has 1 aromatic carbocycles. The van der Waals surface area contributed by atoms with Crippen LogP contribution in [0.1, 0.15) is 38.3 Å². The van der Waals surface area contributed by atoms with Crippen LogP contribution in [-0.4, -0.2) is 6.04 Å². The Labute approximate surface area is 96.8 Å². The molecule has 82 valence electrons. The van der Waals surface area contributed by atoms with Gasteiger partial charge in [-0.05, 0) is 43.4 Å². The molecular weight excluding hydrogens is 206 g/mol. The Morgan fingerprint density at radius 3 is 2.73 bits per heavy atom. The summed E-state index contributed by atoms with van der Waals surface area (Å²) in [5.74, 6) is 0.897. The minimum absolute atomic E-state index is 0.404. The molecule has 0 heterocycles. The molecule has 0 aromatic heterocycles. The smallest absolute Gasteiger partial charge is 0.0409 e. The summed E-state index contributed by atoms with van der Waals surface area (Å²) < 4.78 is 0. The summed E-state index contributed by atoms with van der Waals surface area (Å²) >= 11 is 5.97. The van der Waals surface area contributed by atoms with Crippen LogP contribution in [0.3, 0.4) is 0 Å². The second kappa shape index (κ2) is 4.54. The van der Waals surface area contributed by atoms with Crippen LogP contribution in [-0.2, 0) is 0 Å². The average Bonchev–Trinajstić information content (AvgIpc) is 2.15. The Kier molecular flexibility index (Phi) is 3.32. The topological polar surface area (TPSA) is 12.0 Å². The van der Waals surface area contributed by atoms with Gasteiger partial charge in [0.05, 0.1) is 0 Å². The van der Waals surface area contributed by atoms with Crippen molar-refractivity contribution >= 4 is 11.6 Å². The van der Waals surface area contributed by atoms with Gasteiger partial charge in [-0.3, -0.25) is 0 Å². The van der Waals surface area contributed by atoms with Gasteiger partial charge in [0.1, 0.15) is 0 Å². The molecule has 1 N–H and O–H groups in total. The maximum atomic E-state index is 5.97. The average molecular weight is 224 g/mol. The van der Waals surface area contributed by atoms with E-state index in [-0.39, 0.29) is 0 Å². The highest BCUT2D eigenvalue weighted by Crippen LogP contribution is 2.29. The zero-order valence-corrected chi connectivity index (χ0v) is 10.1. The van der Waals surface area contributed by atoms with Gasteiger partial charge in [0.2, 0.25) is 0 Å². The molecule has 0 bridgehead atoms. The van der Waals surface area contributed by atoms with Crippen molar-refractivity contribution < 1.29 is 0 Å². The molecule has 0 aliphatic heterocycles. The van der Waals surface area contributed by atoms with E-state index in [9.17, 15) is 0 Å². The van der Waals surface area contributed by atoms with Crippen LogP contribution in [0.4, 0.5) is 0 Å². The highest BCUT2D eigenvalue weighted by atomic mass is 35.5. The number of hydrogen-bond acceptors (Lipinski definition) is 1. The van der Waals surface area contributed by atoms with Gasteiger partial charge in [-0.1, -0.05) is 30.7 Å². The van der Waals surface area contributed by atoms with Crippen molar-refractivity contribution in [3.63, 3.8) is 0 Å². The Bertz CT molecular complexity index is 331. The Balaban J connectivity index is 1.93. The highest BCUT2D eigenvalue weighted by Gasteiger charge is 2.26. The maximum Gasteiger partial charge on any atom is 0.0409 e. The quantitative estimate of drug-likeness (QED) is 0.822. The SMILES string of the molecule is CC1CC(N[C@@H](C)c2cccc(Cl)c2)C1. The number of hydrogen-bond donors (Lipinski definition) is 1. The normalized spacial score (nSPS) is 27.1. The maximum absolute atomic E-state index is 5.97. The zero-order chi connectivity index (χ0) is 10.8. The first-order valence-electron chi connectivity index (χ1n) is 5.66. The first-order chi connectivity index (χ1) is 7.15. The van der Waals surface area contributed by atoms with E-state index in [1.165, 1.54) is 18.4 Å². The lowest BCUT2D eigenvalue weighted by molar-refractivity contribution is 0.226. The molecule has 0 amide bonds. The fraction of sp³-hybridized carbons (Fsp3) is 0.538. The van der Waals surface area contributed by atoms with Gasteiger partial charge in [-0.15, -0.1) is 0 Å². The van der Waals surface area contributed by atoms with Crippen molar-refractivity contribution in [2.75, 3.05) is 0 Å². The minimum atomic E-state index is 0.404. The highest BCUT2D eigenvalue weighted by molar-refractivity contribution is 6.30. The number of halogens is 1. The summed E-state index contributed by atoms with van der Waals surface area (Å²) in [6, 6.07) is 9.21. The number of benzene rings is 1. The van der Waals surface area contributed by atoms with E-state index in [1.807, 2.05) is 18.2 Å². The van der Waals surface area contributed by atoms with E-state index >= 15 is 0 Å². The van der Waals surface area contributed by atoms with E-state index in [4.69, 9.17) is 11.6 Å².